The molecule has 2 rings (SSSR count). The molecule has 0 saturated carbocycles. The predicted molar refractivity (Wildman–Crippen MR) is 51.8 cm³/mol. The molecule has 0 aliphatic carbocycles. The van der Waals surface area contributed by atoms with Crippen molar-refractivity contribution in [3.8, 4) is 0 Å². The Balaban J connectivity index is 2.50. The average Bonchev–Trinajstić information content (AvgIpc) is 2.16. The lowest BCUT2D eigenvalue weighted by Gasteiger charge is -2.18. The average molecular weight is 198 g/mol. The van der Waals surface area contributed by atoms with Gasteiger partial charge >= 0.3 is 0 Å². The van der Waals surface area contributed by atoms with Crippen LogP contribution < -0.4 is 5.32 Å². The first-order valence-electron chi connectivity index (χ1n) is 4.56. The monoisotopic (exact) mass is 197 g/mol. The van der Waals surface area contributed by atoms with Crippen LogP contribution >= 0.6 is 11.6 Å². The summed E-state index contributed by atoms with van der Waals surface area (Å²) in [6.07, 6.45) is 1.89. The molecule has 4 heteroatoms. The zero-order chi connectivity index (χ0) is 9.26. The van der Waals surface area contributed by atoms with Gasteiger partial charge < -0.3 is 5.32 Å². The molecule has 0 bridgehead atoms. The molecule has 0 fully saturated rings. The molecule has 0 amide bonds. The summed E-state index contributed by atoms with van der Waals surface area (Å²) in [5.41, 5.74) is 3.45. The third-order valence-electron chi connectivity index (χ3n) is 2.33. The zero-order valence-electron chi connectivity index (χ0n) is 7.60. The second-order valence-electron chi connectivity index (χ2n) is 3.14. The van der Waals surface area contributed by atoms with Crippen molar-refractivity contribution in [1.82, 2.24) is 15.3 Å². The van der Waals surface area contributed by atoms with Crippen molar-refractivity contribution in [2.75, 3.05) is 6.54 Å². The fourth-order valence-electron chi connectivity index (χ4n) is 1.67. The number of aryl methyl sites for hydroxylation is 1. The van der Waals surface area contributed by atoms with E-state index in [0.717, 1.165) is 37.3 Å². The summed E-state index contributed by atoms with van der Waals surface area (Å²) in [7, 11) is 0. The Morgan fingerprint density at radius 2 is 2.31 bits per heavy atom. The van der Waals surface area contributed by atoms with Gasteiger partial charge in [-0.3, -0.25) is 0 Å². The standard InChI is InChI=1S/C9H12ClN3/c1-2-7-6-5-11-4-3-8(6)13-9(10)12-7/h11H,2-5H2,1H3. The van der Waals surface area contributed by atoms with Gasteiger partial charge in [-0.2, -0.15) is 0 Å². The molecule has 1 N–H and O–H groups in total. The van der Waals surface area contributed by atoms with E-state index in [4.69, 9.17) is 11.6 Å². The summed E-state index contributed by atoms with van der Waals surface area (Å²) in [5, 5.41) is 3.70. The number of fused-ring (bicyclic) bond motifs is 1. The van der Waals surface area contributed by atoms with Gasteiger partial charge in [-0.05, 0) is 18.0 Å². The molecule has 1 aromatic rings. The van der Waals surface area contributed by atoms with Gasteiger partial charge in [-0.25, -0.2) is 9.97 Å². The van der Waals surface area contributed by atoms with Crippen molar-refractivity contribution >= 4 is 11.6 Å². The number of nitrogens with one attached hydrogen (secondary N) is 1. The number of hydrogen-bond donors (Lipinski definition) is 1. The molecule has 2 heterocycles. The molecule has 0 aromatic carbocycles. The maximum Gasteiger partial charge on any atom is 0.222 e. The van der Waals surface area contributed by atoms with Crippen LogP contribution in [0.5, 0.6) is 0 Å². The molecule has 0 unspecified atom stereocenters. The van der Waals surface area contributed by atoms with Crippen LogP contribution in [0.25, 0.3) is 0 Å². The Labute approximate surface area is 82.5 Å². The van der Waals surface area contributed by atoms with Gasteiger partial charge in [0.15, 0.2) is 0 Å². The predicted octanol–water partition coefficient (Wildman–Crippen LogP) is 1.34. The zero-order valence-corrected chi connectivity index (χ0v) is 8.36. The smallest absolute Gasteiger partial charge is 0.222 e. The van der Waals surface area contributed by atoms with Crippen LogP contribution in [0.3, 0.4) is 0 Å². The third kappa shape index (κ3) is 1.67. The maximum absolute atomic E-state index is 5.82. The SMILES string of the molecule is CCc1nc(Cl)nc2c1CNCC2. The molecule has 0 spiro atoms. The van der Waals surface area contributed by atoms with Gasteiger partial charge in [-0.15, -0.1) is 0 Å². The van der Waals surface area contributed by atoms with Crippen LogP contribution in [0.1, 0.15) is 23.9 Å². The van der Waals surface area contributed by atoms with Crippen LogP contribution in [0.15, 0.2) is 0 Å². The molecule has 13 heavy (non-hydrogen) atoms. The quantitative estimate of drug-likeness (QED) is 0.691. The second-order valence-corrected chi connectivity index (χ2v) is 3.48. The highest BCUT2D eigenvalue weighted by molar-refractivity contribution is 6.28. The maximum atomic E-state index is 5.82. The van der Waals surface area contributed by atoms with Crippen molar-refractivity contribution in [1.29, 1.82) is 0 Å². The minimum atomic E-state index is 0.387. The first-order valence-corrected chi connectivity index (χ1v) is 4.94. The summed E-state index contributed by atoms with van der Waals surface area (Å²) >= 11 is 5.82. The Morgan fingerprint density at radius 1 is 1.46 bits per heavy atom. The fourth-order valence-corrected chi connectivity index (χ4v) is 1.88. The van der Waals surface area contributed by atoms with Crippen molar-refractivity contribution < 1.29 is 0 Å². The number of halogens is 1. The van der Waals surface area contributed by atoms with Crippen molar-refractivity contribution in [3.05, 3.63) is 22.2 Å². The van der Waals surface area contributed by atoms with E-state index in [0.29, 0.717) is 5.28 Å². The van der Waals surface area contributed by atoms with Crippen molar-refractivity contribution in [2.45, 2.75) is 26.3 Å². The van der Waals surface area contributed by atoms with Crippen LogP contribution in [-0.4, -0.2) is 16.5 Å². The molecular formula is C9H12ClN3. The lowest BCUT2D eigenvalue weighted by molar-refractivity contribution is 0.617. The number of nitrogens with zero attached hydrogens (tertiary/aromatic N) is 2. The molecule has 0 saturated heterocycles. The number of hydrogen-bond acceptors (Lipinski definition) is 3. The minimum absolute atomic E-state index is 0.387. The van der Waals surface area contributed by atoms with E-state index in [1.54, 1.807) is 0 Å². The van der Waals surface area contributed by atoms with Gasteiger partial charge in [-0.1, -0.05) is 6.92 Å². The van der Waals surface area contributed by atoms with Gasteiger partial charge in [0.25, 0.3) is 0 Å². The Kier molecular flexibility index (Phi) is 2.47. The van der Waals surface area contributed by atoms with Crippen LogP contribution in [0.2, 0.25) is 5.28 Å². The highest BCUT2D eigenvalue weighted by Gasteiger charge is 2.15. The normalized spacial score (nSPS) is 15.5. The van der Waals surface area contributed by atoms with Gasteiger partial charge in [0, 0.05) is 30.8 Å². The Hall–Kier alpha value is -0.670. The van der Waals surface area contributed by atoms with Gasteiger partial charge in [0.1, 0.15) is 0 Å². The molecule has 1 aromatic heterocycles. The molecular weight excluding hydrogens is 186 g/mol. The van der Waals surface area contributed by atoms with Crippen molar-refractivity contribution in [2.24, 2.45) is 0 Å². The van der Waals surface area contributed by atoms with E-state index in [-0.39, 0.29) is 0 Å². The van der Waals surface area contributed by atoms with E-state index in [1.807, 2.05) is 0 Å². The highest BCUT2D eigenvalue weighted by atomic mass is 35.5. The number of aromatic nitrogens is 2. The summed E-state index contributed by atoms with van der Waals surface area (Å²) in [5.74, 6) is 0. The Morgan fingerprint density at radius 3 is 3.08 bits per heavy atom. The third-order valence-corrected chi connectivity index (χ3v) is 2.50. The molecule has 1 aliphatic heterocycles. The molecule has 0 atom stereocenters. The largest absolute Gasteiger partial charge is 0.312 e. The lowest BCUT2D eigenvalue weighted by atomic mass is 10.0. The minimum Gasteiger partial charge on any atom is -0.312 e. The fraction of sp³-hybridized carbons (Fsp3) is 0.556. The van der Waals surface area contributed by atoms with Gasteiger partial charge in [0.05, 0.1) is 5.69 Å². The van der Waals surface area contributed by atoms with Crippen LogP contribution in [-0.2, 0) is 19.4 Å². The first-order chi connectivity index (χ1) is 6.31. The second kappa shape index (κ2) is 3.60. The summed E-state index contributed by atoms with van der Waals surface area (Å²) in [6, 6.07) is 0. The first kappa shape index (κ1) is 8.91. The molecule has 1 aliphatic rings. The summed E-state index contributed by atoms with van der Waals surface area (Å²) in [4.78, 5) is 8.46. The molecule has 70 valence electrons. The van der Waals surface area contributed by atoms with E-state index in [9.17, 15) is 0 Å². The van der Waals surface area contributed by atoms with E-state index < -0.39 is 0 Å². The van der Waals surface area contributed by atoms with E-state index >= 15 is 0 Å². The highest BCUT2D eigenvalue weighted by Crippen LogP contribution is 2.17. The number of rotatable bonds is 1. The van der Waals surface area contributed by atoms with Crippen molar-refractivity contribution in [3.63, 3.8) is 0 Å². The van der Waals surface area contributed by atoms with Crippen LogP contribution in [0.4, 0.5) is 0 Å². The molecule has 0 radical (unpaired) electrons. The van der Waals surface area contributed by atoms with Gasteiger partial charge in [0.2, 0.25) is 5.28 Å². The molecule has 3 nitrogen and oxygen atoms in total. The lowest BCUT2D eigenvalue weighted by Crippen LogP contribution is -2.26. The summed E-state index contributed by atoms with van der Waals surface area (Å²) < 4.78 is 0. The van der Waals surface area contributed by atoms with Crippen LogP contribution in [0, 0.1) is 0 Å². The van der Waals surface area contributed by atoms with E-state index in [2.05, 4.69) is 22.2 Å². The topological polar surface area (TPSA) is 37.8 Å². The van der Waals surface area contributed by atoms with E-state index in [1.165, 1.54) is 5.56 Å². The summed E-state index contributed by atoms with van der Waals surface area (Å²) in [6.45, 7) is 3.96. The Bertz CT molecular complexity index is 308.